The van der Waals surface area contributed by atoms with Gasteiger partial charge in [0.2, 0.25) is 9.84 Å². The van der Waals surface area contributed by atoms with E-state index in [9.17, 15) is 8.42 Å². The lowest BCUT2D eigenvalue weighted by atomic mass is 9.97. The highest BCUT2D eigenvalue weighted by Crippen LogP contribution is 2.47. The molecule has 8 aromatic rings. The van der Waals surface area contributed by atoms with E-state index in [0.717, 1.165) is 44.2 Å². The third kappa shape index (κ3) is 4.09. The molecular formula is C39H23N3O3S. The minimum atomic E-state index is -3.78. The summed E-state index contributed by atoms with van der Waals surface area (Å²) in [7, 11) is -3.78. The van der Waals surface area contributed by atoms with Crippen LogP contribution in [0.3, 0.4) is 0 Å². The molecule has 0 bridgehead atoms. The van der Waals surface area contributed by atoms with Crippen LogP contribution in [0, 0.1) is 0 Å². The Kier molecular flexibility index (Phi) is 5.79. The minimum Gasteiger partial charge on any atom is -0.455 e. The summed E-state index contributed by atoms with van der Waals surface area (Å²) in [6, 6.07) is 44.3. The lowest BCUT2D eigenvalue weighted by Crippen LogP contribution is -2.01. The summed E-state index contributed by atoms with van der Waals surface area (Å²) in [6.07, 6.45) is 0. The van der Waals surface area contributed by atoms with Crippen LogP contribution in [0.5, 0.6) is 0 Å². The zero-order chi connectivity index (χ0) is 30.8. The number of nitrogens with zero attached hydrogens (tertiary/aromatic N) is 3. The minimum absolute atomic E-state index is 0.238. The summed E-state index contributed by atoms with van der Waals surface area (Å²) in [5, 5.41) is 2.07. The smallest absolute Gasteiger partial charge is 0.207 e. The first kappa shape index (κ1) is 26.5. The van der Waals surface area contributed by atoms with Crippen molar-refractivity contribution in [3.05, 3.63) is 140 Å². The molecule has 2 aromatic heterocycles. The van der Waals surface area contributed by atoms with E-state index in [1.807, 2.05) is 127 Å². The fourth-order valence-electron chi connectivity index (χ4n) is 6.28. The first-order valence-electron chi connectivity index (χ1n) is 14.9. The van der Waals surface area contributed by atoms with Crippen LogP contribution < -0.4 is 0 Å². The average molecular weight is 614 g/mol. The molecule has 46 heavy (non-hydrogen) atoms. The molecule has 0 N–H and O–H groups in total. The van der Waals surface area contributed by atoms with Gasteiger partial charge in [0.15, 0.2) is 17.5 Å². The van der Waals surface area contributed by atoms with E-state index in [4.69, 9.17) is 19.4 Å². The molecule has 6 nitrogen and oxygen atoms in total. The number of rotatable bonds is 4. The summed E-state index contributed by atoms with van der Waals surface area (Å²) >= 11 is 0. The largest absolute Gasteiger partial charge is 0.455 e. The van der Waals surface area contributed by atoms with Crippen molar-refractivity contribution in [1.82, 2.24) is 15.0 Å². The molecule has 0 spiro atoms. The third-order valence-electron chi connectivity index (χ3n) is 8.50. The molecule has 0 saturated heterocycles. The monoisotopic (exact) mass is 613 g/mol. The van der Waals surface area contributed by atoms with Gasteiger partial charge < -0.3 is 4.42 Å². The highest BCUT2D eigenvalue weighted by Gasteiger charge is 2.34. The first-order valence-corrected chi connectivity index (χ1v) is 16.3. The Bertz CT molecular complexity index is 2540. The summed E-state index contributed by atoms with van der Waals surface area (Å²) in [5.41, 5.74) is 6.98. The maximum atomic E-state index is 13.9. The standard InChI is InChI=1S/C39H23N3O3S/c43-46(44)34-21-19-26(28-15-9-16-31-29-14-7-8-17-33(29)45-36(28)31)22-32(34)30-20-18-27(23-35(30)46)39-41-37(24-10-3-1-4-11-24)40-38(42-39)25-12-5-2-6-13-25/h1-23H. The molecular weight excluding hydrogens is 591 g/mol. The van der Waals surface area contributed by atoms with Crippen LogP contribution in [0.25, 0.3) is 78.4 Å². The molecule has 218 valence electrons. The average Bonchev–Trinajstić information content (AvgIpc) is 3.60. The second kappa shape index (κ2) is 10.1. The van der Waals surface area contributed by atoms with Gasteiger partial charge in [-0.3, -0.25) is 0 Å². The third-order valence-corrected chi connectivity index (χ3v) is 10.4. The van der Waals surface area contributed by atoms with Crippen LogP contribution in [-0.2, 0) is 9.84 Å². The molecule has 0 radical (unpaired) electrons. The van der Waals surface area contributed by atoms with Gasteiger partial charge >= 0.3 is 0 Å². The van der Waals surface area contributed by atoms with E-state index in [1.165, 1.54) is 0 Å². The van der Waals surface area contributed by atoms with Crippen LogP contribution >= 0.6 is 0 Å². The Hall–Kier alpha value is -5.92. The maximum absolute atomic E-state index is 13.9. The molecule has 0 atom stereocenters. The lowest BCUT2D eigenvalue weighted by Gasteiger charge is -2.09. The molecule has 3 heterocycles. The highest BCUT2D eigenvalue weighted by atomic mass is 32.2. The molecule has 9 rings (SSSR count). The molecule has 1 aliphatic rings. The number of hydrogen-bond donors (Lipinski definition) is 0. The number of aromatic nitrogens is 3. The molecule has 0 unspecified atom stereocenters. The van der Waals surface area contributed by atoms with Crippen LogP contribution in [0.15, 0.2) is 154 Å². The van der Waals surface area contributed by atoms with Gasteiger partial charge in [-0.15, -0.1) is 0 Å². The van der Waals surface area contributed by atoms with Crippen molar-refractivity contribution in [2.75, 3.05) is 0 Å². The molecule has 0 amide bonds. The zero-order valence-corrected chi connectivity index (χ0v) is 25.1. The van der Waals surface area contributed by atoms with E-state index in [2.05, 4.69) is 0 Å². The second-order valence-corrected chi connectivity index (χ2v) is 13.1. The summed E-state index contributed by atoms with van der Waals surface area (Å²) in [5.74, 6) is 1.43. The number of fused-ring (bicyclic) bond motifs is 6. The van der Waals surface area contributed by atoms with Crippen molar-refractivity contribution in [2.45, 2.75) is 9.79 Å². The molecule has 7 heteroatoms. The fraction of sp³-hybridized carbons (Fsp3) is 0. The van der Waals surface area contributed by atoms with E-state index in [-0.39, 0.29) is 9.79 Å². The number of sulfone groups is 1. The maximum Gasteiger partial charge on any atom is 0.207 e. The number of para-hydroxylation sites is 2. The number of benzene rings is 6. The van der Waals surface area contributed by atoms with Gasteiger partial charge in [-0.05, 0) is 29.8 Å². The van der Waals surface area contributed by atoms with Crippen LogP contribution in [-0.4, -0.2) is 23.4 Å². The Labute approximate surface area is 264 Å². The molecule has 6 aromatic carbocycles. The van der Waals surface area contributed by atoms with Gasteiger partial charge in [-0.1, -0.05) is 115 Å². The predicted molar refractivity (Wildman–Crippen MR) is 180 cm³/mol. The molecule has 0 saturated carbocycles. The van der Waals surface area contributed by atoms with Crippen molar-refractivity contribution in [3.63, 3.8) is 0 Å². The van der Waals surface area contributed by atoms with E-state index in [1.54, 1.807) is 12.1 Å². The first-order chi connectivity index (χ1) is 22.5. The number of hydrogen-bond acceptors (Lipinski definition) is 6. The van der Waals surface area contributed by atoms with Crippen LogP contribution in [0.2, 0.25) is 0 Å². The fourth-order valence-corrected chi connectivity index (χ4v) is 7.97. The Balaban J connectivity index is 1.18. The van der Waals surface area contributed by atoms with Crippen molar-refractivity contribution in [2.24, 2.45) is 0 Å². The Morgan fingerprint density at radius 1 is 0.435 bits per heavy atom. The van der Waals surface area contributed by atoms with E-state index < -0.39 is 9.84 Å². The van der Waals surface area contributed by atoms with Gasteiger partial charge in [-0.2, -0.15) is 0 Å². The second-order valence-electron chi connectivity index (χ2n) is 11.2. The summed E-state index contributed by atoms with van der Waals surface area (Å²) in [6.45, 7) is 0. The van der Waals surface area contributed by atoms with Crippen LogP contribution in [0.1, 0.15) is 0 Å². The zero-order valence-electron chi connectivity index (χ0n) is 24.3. The van der Waals surface area contributed by atoms with Gasteiger partial charge in [0, 0.05) is 44.2 Å². The van der Waals surface area contributed by atoms with Gasteiger partial charge in [0.05, 0.1) is 9.79 Å². The van der Waals surface area contributed by atoms with E-state index in [0.29, 0.717) is 34.2 Å². The van der Waals surface area contributed by atoms with E-state index >= 15 is 0 Å². The normalized spacial score (nSPS) is 13.1. The molecule has 0 fully saturated rings. The van der Waals surface area contributed by atoms with Gasteiger partial charge in [0.25, 0.3) is 0 Å². The van der Waals surface area contributed by atoms with Crippen molar-refractivity contribution in [3.8, 4) is 56.4 Å². The molecule has 0 aliphatic carbocycles. The van der Waals surface area contributed by atoms with Crippen LogP contribution in [0.4, 0.5) is 0 Å². The quantitative estimate of drug-likeness (QED) is 0.197. The Morgan fingerprint density at radius 2 is 1.04 bits per heavy atom. The number of furan rings is 1. The lowest BCUT2D eigenvalue weighted by molar-refractivity contribution is 0.598. The summed E-state index contributed by atoms with van der Waals surface area (Å²) in [4.78, 5) is 14.9. The van der Waals surface area contributed by atoms with Gasteiger partial charge in [0.1, 0.15) is 11.2 Å². The topological polar surface area (TPSA) is 86.0 Å². The SMILES string of the molecule is O=S1(=O)c2ccc(-c3cccc4c3oc3ccccc34)cc2-c2ccc(-c3nc(-c4ccccc4)nc(-c4ccccc4)n3)cc21. The van der Waals surface area contributed by atoms with Crippen molar-refractivity contribution < 1.29 is 12.8 Å². The van der Waals surface area contributed by atoms with Crippen molar-refractivity contribution in [1.29, 1.82) is 0 Å². The highest BCUT2D eigenvalue weighted by molar-refractivity contribution is 7.92. The summed E-state index contributed by atoms with van der Waals surface area (Å²) < 4.78 is 34.2. The van der Waals surface area contributed by atoms with Crippen molar-refractivity contribution >= 4 is 31.8 Å². The van der Waals surface area contributed by atoms with Gasteiger partial charge in [-0.25, -0.2) is 23.4 Å². The predicted octanol–water partition coefficient (Wildman–Crippen LogP) is 9.25. The Morgan fingerprint density at radius 3 is 1.76 bits per heavy atom. The molecule has 1 aliphatic heterocycles.